The van der Waals surface area contributed by atoms with Gasteiger partial charge in [-0.3, -0.25) is 0 Å². The quantitative estimate of drug-likeness (QED) is 0.387. The third-order valence-corrected chi connectivity index (χ3v) is 2.17. The van der Waals surface area contributed by atoms with E-state index in [9.17, 15) is 0 Å². The number of thiocarbonyl (C=S) groups is 1. The topological polar surface area (TPSA) is 20.2 Å². The van der Waals surface area contributed by atoms with E-state index in [0.29, 0.717) is 0 Å². The van der Waals surface area contributed by atoms with Crippen LogP contribution in [-0.2, 0) is 0 Å². The maximum atomic E-state index is 8.89. The average Bonchev–Trinajstić information content (AvgIpc) is 2.03. The minimum Gasteiger partial charge on any atom is -0.499 e. The van der Waals surface area contributed by atoms with Gasteiger partial charge in [-0.15, -0.1) is 0 Å². The SMILES string of the molecule is CCCCCCC=C(C)C(O)=S. The second kappa shape index (κ2) is 7.29. The van der Waals surface area contributed by atoms with E-state index in [1.807, 2.05) is 13.0 Å². The summed E-state index contributed by atoms with van der Waals surface area (Å²) in [7, 11) is 0. The number of aliphatic hydroxyl groups excluding tert-OH is 1. The van der Waals surface area contributed by atoms with Crippen molar-refractivity contribution in [3.63, 3.8) is 0 Å². The molecule has 0 unspecified atom stereocenters. The van der Waals surface area contributed by atoms with Crippen molar-refractivity contribution < 1.29 is 5.11 Å². The van der Waals surface area contributed by atoms with E-state index in [-0.39, 0.29) is 5.05 Å². The summed E-state index contributed by atoms with van der Waals surface area (Å²) >= 11 is 4.61. The number of hydrogen-bond donors (Lipinski definition) is 1. The first kappa shape index (κ1) is 11.6. The van der Waals surface area contributed by atoms with Gasteiger partial charge in [0.25, 0.3) is 0 Å². The molecule has 0 aliphatic rings. The minimum atomic E-state index is 0.0329. The van der Waals surface area contributed by atoms with Crippen molar-refractivity contribution >= 4 is 17.3 Å². The Morgan fingerprint density at radius 2 is 2.00 bits per heavy atom. The largest absolute Gasteiger partial charge is 0.499 e. The third-order valence-electron chi connectivity index (χ3n) is 1.85. The predicted molar refractivity (Wildman–Crippen MR) is 57.7 cm³/mol. The molecule has 2 heteroatoms. The zero-order valence-electron chi connectivity index (χ0n) is 7.97. The van der Waals surface area contributed by atoms with Crippen LogP contribution < -0.4 is 0 Å². The highest BCUT2D eigenvalue weighted by Gasteiger charge is 1.93. The van der Waals surface area contributed by atoms with Crippen molar-refractivity contribution in [2.45, 2.75) is 46.0 Å². The van der Waals surface area contributed by atoms with Crippen molar-refractivity contribution in [1.82, 2.24) is 0 Å². The number of allylic oxidation sites excluding steroid dienone is 1. The smallest absolute Gasteiger partial charge is 0.183 e. The second-order valence-electron chi connectivity index (χ2n) is 3.04. The van der Waals surface area contributed by atoms with Crippen LogP contribution in [0.5, 0.6) is 0 Å². The molecule has 0 aromatic rings. The average molecular weight is 186 g/mol. The lowest BCUT2D eigenvalue weighted by Gasteiger charge is -1.97. The van der Waals surface area contributed by atoms with Crippen LogP contribution in [0.3, 0.4) is 0 Å². The molecule has 0 aliphatic heterocycles. The molecule has 0 bridgehead atoms. The van der Waals surface area contributed by atoms with Crippen LogP contribution >= 0.6 is 12.2 Å². The van der Waals surface area contributed by atoms with E-state index in [0.717, 1.165) is 12.0 Å². The number of hydrogen-bond acceptors (Lipinski definition) is 1. The fourth-order valence-electron chi connectivity index (χ4n) is 0.977. The highest BCUT2D eigenvalue weighted by atomic mass is 32.1. The second-order valence-corrected chi connectivity index (χ2v) is 3.43. The van der Waals surface area contributed by atoms with Gasteiger partial charge in [0.2, 0.25) is 0 Å². The van der Waals surface area contributed by atoms with Crippen LogP contribution in [0.4, 0.5) is 0 Å². The molecular weight excluding hydrogens is 168 g/mol. The molecule has 1 N–H and O–H groups in total. The zero-order chi connectivity index (χ0) is 9.40. The van der Waals surface area contributed by atoms with Crippen molar-refractivity contribution in [3.05, 3.63) is 11.6 Å². The van der Waals surface area contributed by atoms with Crippen LogP contribution in [-0.4, -0.2) is 10.2 Å². The molecule has 0 heterocycles. The summed E-state index contributed by atoms with van der Waals surface area (Å²) in [6.45, 7) is 4.05. The van der Waals surface area contributed by atoms with E-state index in [4.69, 9.17) is 5.11 Å². The normalized spacial score (nSPS) is 11.7. The van der Waals surface area contributed by atoms with Gasteiger partial charge in [0, 0.05) is 0 Å². The molecule has 0 atom stereocenters. The van der Waals surface area contributed by atoms with Crippen LogP contribution in [0.25, 0.3) is 0 Å². The summed E-state index contributed by atoms with van der Waals surface area (Å²) in [5.41, 5.74) is 0.835. The summed E-state index contributed by atoms with van der Waals surface area (Å²) in [6, 6.07) is 0. The van der Waals surface area contributed by atoms with Crippen molar-refractivity contribution in [3.8, 4) is 0 Å². The molecule has 0 amide bonds. The summed E-state index contributed by atoms with van der Waals surface area (Å²) in [5, 5.41) is 8.92. The number of rotatable bonds is 6. The molecule has 0 spiro atoms. The minimum absolute atomic E-state index is 0.0329. The molecular formula is C10H18OS. The van der Waals surface area contributed by atoms with E-state index in [1.165, 1.54) is 25.7 Å². The van der Waals surface area contributed by atoms with Gasteiger partial charge in [-0.05, 0) is 37.6 Å². The predicted octanol–water partition coefficient (Wildman–Crippen LogP) is 3.79. The van der Waals surface area contributed by atoms with Gasteiger partial charge >= 0.3 is 0 Å². The molecule has 0 aromatic carbocycles. The fraction of sp³-hybridized carbons (Fsp3) is 0.700. The monoisotopic (exact) mass is 186 g/mol. The Kier molecular flexibility index (Phi) is 7.06. The van der Waals surface area contributed by atoms with E-state index >= 15 is 0 Å². The maximum absolute atomic E-state index is 8.89. The van der Waals surface area contributed by atoms with Gasteiger partial charge in [-0.1, -0.05) is 32.3 Å². The van der Waals surface area contributed by atoms with Gasteiger partial charge in [0.15, 0.2) is 5.05 Å². The molecule has 0 saturated carbocycles. The summed E-state index contributed by atoms with van der Waals surface area (Å²) < 4.78 is 0. The van der Waals surface area contributed by atoms with Crippen molar-refractivity contribution in [2.24, 2.45) is 0 Å². The molecule has 70 valence electrons. The molecule has 0 rings (SSSR count). The van der Waals surface area contributed by atoms with Gasteiger partial charge in [-0.25, -0.2) is 0 Å². The van der Waals surface area contributed by atoms with E-state index < -0.39 is 0 Å². The van der Waals surface area contributed by atoms with Crippen molar-refractivity contribution in [1.29, 1.82) is 0 Å². The zero-order valence-corrected chi connectivity index (χ0v) is 8.78. The van der Waals surface area contributed by atoms with Gasteiger partial charge in [0.05, 0.1) is 0 Å². The molecule has 0 fully saturated rings. The van der Waals surface area contributed by atoms with E-state index in [2.05, 4.69) is 19.1 Å². The molecule has 0 saturated heterocycles. The highest BCUT2D eigenvalue weighted by Crippen LogP contribution is 2.05. The first-order valence-electron chi connectivity index (χ1n) is 4.58. The lowest BCUT2D eigenvalue weighted by Crippen LogP contribution is -1.92. The summed E-state index contributed by atoms with van der Waals surface area (Å²) in [5.74, 6) is 0. The van der Waals surface area contributed by atoms with Gasteiger partial charge < -0.3 is 5.11 Å². The maximum Gasteiger partial charge on any atom is 0.183 e. The van der Waals surface area contributed by atoms with Crippen LogP contribution in [0.2, 0.25) is 0 Å². The van der Waals surface area contributed by atoms with Crippen LogP contribution in [0.1, 0.15) is 46.0 Å². The number of aliphatic hydroxyl groups is 1. The molecule has 12 heavy (non-hydrogen) atoms. The fourth-order valence-corrected chi connectivity index (χ4v) is 1.06. The Morgan fingerprint density at radius 1 is 1.33 bits per heavy atom. The standard InChI is InChI=1S/C10H18OS/c1-3-4-5-6-7-8-9(2)10(11)12/h8H,3-7H2,1-2H3,(H,11,12). The third kappa shape index (κ3) is 6.35. The van der Waals surface area contributed by atoms with Crippen molar-refractivity contribution in [2.75, 3.05) is 0 Å². The lowest BCUT2D eigenvalue weighted by atomic mass is 10.1. The molecule has 1 nitrogen and oxygen atoms in total. The van der Waals surface area contributed by atoms with E-state index in [1.54, 1.807) is 0 Å². The first-order chi connectivity index (χ1) is 5.68. The van der Waals surface area contributed by atoms with Gasteiger partial charge in [0.1, 0.15) is 0 Å². The Bertz CT molecular complexity index is 161. The Balaban J connectivity index is 3.40. The lowest BCUT2D eigenvalue weighted by molar-refractivity contribution is 0.568. The molecule has 0 radical (unpaired) electrons. The van der Waals surface area contributed by atoms with Crippen LogP contribution in [0, 0.1) is 0 Å². The summed E-state index contributed by atoms with van der Waals surface area (Å²) in [4.78, 5) is 0. The summed E-state index contributed by atoms with van der Waals surface area (Å²) in [6.07, 6.45) is 8.09. The first-order valence-corrected chi connectivity index (χ1v) is 4.99. The Labute approximate surface area is 80.5 Å². The highest BCUT2D eigenvalue weighted by molar-refractivity contribution is 7.80. The van der Waals surface area contributed by atoms with Gasteiger partial charge in [-0.2, -0.15) is 0 Å². The van der Waals surface area contributed by atoms with Crippen LogP contribution in [0.15, 0.2) is 11.6 Å². The molecule has 0 aromatic heterocycles. The molecule has 0 aliphatic carbocycles. The Morgan fingerprint density at radius 3 is 2.50 bits per heavy atom. The number of unbranched alkanes of at least 4 members (excludes halogenated alkanes) is 4. The Hall–Kier alpha value is -0.370.